The van der Waals surface area contributed by atoms with E-state index in [1.165, 1.54) is 34.1 Å². The van der Waals surface area contributed by atoms with Crippen LogP contribution in [0.3, 0.4) is 0 Å². The number of phenols is 2. The first-order valence-electron chi connectivity index (χ1n) is 11.1. The summed E-state index contributed by atoms with van der Waals surface area (Å²) in [6.45, 7) is -3.86. The number of para-hydroxylation sites is 2. The maximum absolute atomic E-state index is 11.6. The number of carboxylic acids is 2. The van der Waals surface area contributed by atoms with Gasteiger partial charge in [-0.2, -0.15) is 0 Å². The van der Waals surface area contributed by atoms with Gasteiger partial charge in [0.15, 0.2) is 0 Å². The molecule has 0 amide bonds. The van der Waals surface area contributed by atoms with Gasteiger partial charge in [0.05, 0.1) is 51.6 Å². The molecule has 36 heavy (non-hydrogen) atoms. The highest BCUT2D eigenvalue weighted by atomic mass is 16.4. The zero-order valence-corrected chi connectivity index (χ0v) is 19.6. The summed E-state index contributed by atoms with van der Waals surface area (Å²) >= 11 is 0. The highest BCUT2D eigenvalue weighted by molar-refractivity contribution is 5.69. The van der Waals surface area contributed by atoms with E-state index in [2.05, 4.69) is 0 Å². The Balaban J connectivity index is 2.47. The molecule has 8 N–H and O–H groups in total. The van der Waals surface area contributed by atoms with Crippen molar-refractivity contribution in [3.63, 3.8) is 0 Å². The minimum atomic E-state index is -1.26. The van der Waals surface area contributed by atoms with Crippen LogP contribution >= 0.6 is 0 Å². The fraction of sp³-hybridized carbons (Fsp3) is 0.417. The van der Waals surface area contributed by atoms with Crippen molar-refractivity contribution in [1.29, 1.82) is 0 Å². The molecule has 0 aromatic heterocycles. The molecule has 0 radical (unpaired) electrons. The Labute approximate surface area is 207 Å². The first-order chi connectivity index (χ1) is 17.2. The molecular weight excluding hydrogens is 476 g/mol. The zero-order valence-electron chi connectivity index (χ0n) is 19.6. The molecule has 0 bridgehead atoms. The molecule has 2 rings (SSSR count). The molecule has 0 unspecified atom stereocenters. The van der Waals surface area contributed by atoms with E-state index >= 15 is 0 Å². The molecule has 2 atom stereocenters. The van der Waals surface area contributed by atoms with Gasteiger partial charge in [0, 0.05) is 35.3 Å². The number of nitrogens with zero attached hydrogens (tertiary/aromatic N) is 2. The molecule has 0 aliphatic rings. The number of benzene rings is 2. The summed E-state index contributed by atoms with van der Waals surface area (Å²) in [5, 5.41) is 79.2. The van der Waals surface area contributed by atoms with Crippen LogP contribution in [0, 0.1) is 0 Å². The SMILES string of the molecule is O=C(O)CN(Cc1cccc(CO)c1O)[C@H](CO)[C@H](CO)N(CC(=O)O)Cc1cccc(CO)c1O. The van der Waals surface area contributed by atoms with Crippen LogP contribution in [0.1, 0.15) is 22.3 Å². The summed E-state index contributed by atoms with van der Waals surface area (Å²) in [7, 11) is 0. The van der Waals surface area contributed by atoms with Crippen LogP contribution in [0.25, 0.3) is 0 Å². The van der Waals surface area contributed by atoms with Crippen molar-refractivity contribution in [3.05, 3.63) is 58.7 Å². The van der Waals surface area contributed by atoms with E-state index in [1.807, 2.05) is 0 Å². The average Bonchev–Trinajstić information content (AvgIpc) is 2.83. The second-order valence-electron chi connectivity index (χ2n) is 8.26. The van der Waals surface area contributed by atoms with Crippen molar-refractivity contribution in [2.24, 2.45) is 0 Å². The van der Waals surface area contributed by atoms with Crippen molar-refractivity contribution in [2.45, 2.75) is 38.4 Å². The maximum Gasteiger partial charge on any atom is 0.317 e. The van der Waals surface area contributed by atoms with Crippen molar-refractivity contribution < 1.29 is 50.4 Å². The summed E-state index contributed by atoms with van der Waals surface area (Å²) in [5.41, 5.74) is 0.953. The lowest BCUT2D eigenvalue weighted by atomic mass is 10.0. The fourth-order valence-electron chi connectivity index (χ4n) is 4.13. The van der Waals surface area contributed by atoms with Gasteiger partial charge >= 0.3 is 11.9 Å². The Morgan fingerprint density at radius 1 is 0.639 bits per heavy atom. The van der Waals surface area contributed by atoms with Crippen molar-refractivity contribution in [3.8, 4) is 11.5 Å². The van der Waals surface area contributed by atoms with Crippen molar-refractivity contribution in [2.75, 3.05) is 26.3 Å². The predicted octanol–water partition coefficient (Wildman–Crippen LogP) is -0.722. The summed E-state index contributed by atoms with van der Waals surface area (Å²) < 4.78 is 0. The Kier molecular flexibility index (Phi) is 11.0. The highest BCUT2D eigenvalue weighted by Crippen LogP contribution is 2.28. The molecule has 0 spiro atoms. The van der Waals surface area contributed by atoms with E-state index < -0.39 is 63.5 Å². The normalized spacial score (nSPS) is 13.2. The molecule has 12 nitrogen and oxygen atoms in total. The topological polar surface area (TPSA) is 202 Å². The minimum absolute atomic E-state index is 0.195. The molecule has 198 valence electrons. The van der Waals surface area contributed by atoms with Gasteiger partial charge in [-0.1, -0.05) is 36.4 Å². The van der Waals surface area contributed by atoms with E-state index in [-0.39, 0.29) is 46.8 Å². The molecule has 0 saturated heterocycles. The van der Waals surface area contributed by atoms with Crippen LogP contribution in [0.4, 0.5) is 0 Å². The van der Waals surface area contributed by atoms with Crippen LogP contribution in [0.2, 0.25) is 0 Å². The number of aliphatic hydroxyl groups excluding tert-OH is 4. The number of aromatic hydroxyl groups is 2. The Bertz CT molecular complexity index is 950. The van der Waals surface area contributed by atoms with Crippen molar-refractivity contribution in [1.82, 2.24) is 9.80 Å². The van der Waals surface area contributed by atoms with Gasteiger partial charge < -0.3 is 40.9 Å². The van der Waals surface area contributed by atoms with Crippen LogP contribution in [-0.4, -0.2) is 101 Å². The Morgan fingerprint density at radius 3 is 1.25 bits per heavy atom. The van der Waals surface area contributed by atoms with E-state index in [1.54, 1.807) is 12.1 Å². The largest absolute Gasteiger partial charge is 0.507 e. The molecule has 0 saturated carbocycles. The van der Waals surface area contributed by atoms with Gasteiger partial charge in [0.1, 0.15) is 11.5 Å². The number of hydrogen-bond acceptors (Lipinski definition) is 10. The van der Waals surface area contributed by atoms with Gasteiger partial charge in [-0.3, -0.25) is 19.4 Å². The molecule has 0 fully saturated rings. The summed E-state index contributed by atoms with van der Waals surface area (Å²) in [5.74, 6) is -3.02. The van der Waals surface area contributed by atoms with Gasteiger partial charge in [0.25, 0.3) is 0 Å². The van der Waals surface area contributed by atoms with Gasteiger partial charge in [-0.05, 0) is 0 Å². The molecular formula is C24H32N2O10. The molecule has 0 aliphatic heterocycles. The second-order valence-corrected chi connectivity index (χ2v) is 8.26. The van der Waals surface area contributed by atoms with E-state index in [4.69, 9.17) is 0 Å². The number of aliphatic hydroxyl groups is 4. The summed E-state index contributed by atoms with van der Waals surface area (Å²) in [6, 6.07) is 6.91. The molecule has 2 aromatic carbocycles. The van der Waals surface area contributed by atoms with E-state index in [9.17, 15) is 50.4 Å². The summed E-state index contributed by atoms with van der Waals surface area (Å²) in [4.78, 5) is 25.8. The summed E-state index contributed by atoms with van der Waals surface area (Å²) in [6.07, 6.45) is 0. The lowest BCUT2D eigenvalue weighted by Gasteiger charge is -2.40. The quantitative estimate of drug-likeness (QED) is 0.150. The second kappa shape index (κ2) is 13.7. The number of carbonyl (C=O) groups is 2. The van der Waals surface area contributed by atoms with Crippen LogP contribution < -0.4 is 0 Å². The highest BCUT2D eigenvalue weighted by Gasteiger charge is 2.34. The lowest BCUT2D eigenvalue weighted by molar-refractivity contribution is -0.143. The average molecular weight is 509 g/mol. The molecule has 2 aromatic rings. The number of rotatable bonds is 15. The van der Waals surface area contributed by atoms with Gasteiger partial charge in [-0.15, -0.1) is 0 Å². The third kappa shape index (κ3) is 7.37. The number of aliphatic carboxylic acids is 2. The predicted molar refractivity (Wildman–Crippen MR) is 126 cm³/mol. The van der Waals surface area contributed by atoms with Crippen LogP contribution in [0.15, 0.2) is 36.4 Å². The Hall–Kier alpha value is -3.26. The van der Waals surface area contributed by atoms with E-state index in [0.29, 0.717) is 0 Å². The zero-order chi connectivity index (χ0) is 26.8. The maximum atomic E-state index is 11.6. The van der Waals surface area contributed by atoms with E-state index in [0.717, 1.165) is 0 Å². The fourth-order valence-corrected chi connectivity index (χ4v) is 4.13. The first-order valence-corrected chi connectivity index (χ1v) is 11.1. The van der Waals surface area contributed by atoms with Gasteiger partial charge in [-0.25, -0.2) is 0 Å². The molecule has 0 aliphatic carbocycles. The first kappa shape index (κ1) is 29.0. The standard InChI is InChI=1S/C24H32N2O10/c27-11-17-5-1-3-15(23(17)35)7-25(9-21(31)32)19(13-29)20(14-30)26(10-22(33)34)8-16-4-2-6-18(12-28)24(16)36/h1-6,19-20,27-30,35-36H,7-14H2,(H,31,32)(H,33,34)/t19-,20+. The number of carboxylic acid groups (broad SMARTS) is 2. The smallest absolute Gasteiger partial charge is 0.317 e. The van der Waals surface area contributed by atoms with Gasteiger partial charge in [0.2, 0.25) is 0 Å². The Morgan fingerprint density at radius 2 is 0.972 bits per heavy atom. The lowest BCUT2D eigenvalue weighted by Crippen LogP contribution is -2.56. The monoisotopic (exact) mass is 508 g/mol. The third-order valence-corrected chi connectivity index (χ3v) is 5.93. The molecule has 12 heteroatoms. The minimum Gasteiger partial charge on any atom is -0.507 e. The molecule has 0 heterocycles. The third-order valence-electron chi connectivity index (χ3n) is 5.93. The van der Waals surface area contributed by atoms with Crippen LogP contribution in [0.5, 0.6) is 11.5 Å². The number of hydrogen-bond donors (Lipinski definition) is 8. The van der Waals surface area contributed by atoms with Crippen LogP contribution in [-0.2, 0) is 35.9 Å². The van der Waals surface area contributed by atoms with Crippen molar-refractivity contribution >= 4 is 11.9 Å².